The van der Waals surface area contributed by atoms with E-state index in [2.05, 4.69) is 33.1 Å². The Balaban J connectivity index is 2.01. The molecule has 304 valence electrons. The lowest BCUT2D eigenvalue weighted by Crippen LogP contribution is -2.63. The van der Waals surface area contributed by atoms with Gasteiger partial charge in [0.2, 0.25) is 29.5 Å². The van der Waals surface area contributed by atoms with Crippen molar-refractivity contribution in [3.63, 3.8) is 0 Å². The number of carbonyl (C=O) groups excluding carboxylic acids is 5. The quantitative estimate of drug-likeness (QED) is 0.183. The lowest BCUT2D eigenvalue weighted by molar-refractivity contribution is -0.147. The number of rotatable bonds is 11. The van der Waals surface area contributed by atoms with E-state index in [1.165, 1.54) is 11.8 Å². The molecule has 3 rings (SSSR count). The number of aliphatic hydroxyl groups is 1. The Morgan fingerprint density at radius 2 is 1.54 bits per heavy atom. The molecule has 1 aromatic carbocycles. The second-order valence-electron chi connectivity index (χ2n) is 15.7. The van der Waals surface area contributed by atoms with Crippen molar-refractivity contribution in [3.05, 3.63) is 30.3 Å². The van der Waals surface area contributed by atoms with Gasteiger partial charge in [-0.3, -0.25) is 24.0 Å². The lowest BCUT2D eigenvalue weighted by Gasteiger charge is -2.38. The molecule has 1 unspecified atom stereocenters. The Labute approximate surface area is 322 Å². The summed E-state index contributed by atoms with van der Waals surface area (Å²) in [5.74, 6) is -3.54. The molecule has 2 aliphatic rings. The summed E-state index contributed by atoms with van der Waals surface area (Å²) in [6.45, 7) is 12.1. The predicted octanol–water partition coefficient (Wildman–Crippen LogP) is 2.08. The topological polar surface area (TPSA) is 195 Å². The zero-order valence-electron chi connectivity index (χ0n) is 33.5. The van der Waals surface area contributed by atoms with E-state index in [9.17, 15) is 29.1 Å². The number of hydrogen-bond acceptors (Lipinski definition) is 9. The summed E-state index contributed by atoms with van der Waals surface area (Å²) in [6, 6.07) is 4.91. The molecule has 5 amide bonds. The Morgan fingerprint density at radius 1 is 0.870 bits per heavy atom. The van der Waals surface area contributed by atoms with E-state index in [1.807, 2.05) is 51.1 Å². The smallest absolute Gasteiger partial charge is 0.245 e. The van der Waals surface area contributed by atoms with Crippen LogP contribution in [0.4, 0.5) is 5.69 Å². The van der Waals surface area contributed by atoms with Gasteiger partial charge >= 0.3 is 0 Å². The highest BCUT2D eigenvalue weighted by molar-refractivity contribution is 5.96. The highest BCUT2D eigenvalue weighted by Gasteiger charge is 2.40. The Kier molecular flexibility index (Phi) is 18.2. The van der Waals surface area contributed by atoms with Crippen LogP contribution < -0.4 is 31.9 Å². The molecule has 0 aromatic heterocycles. The van der Waals surface area contributed by atoms with Gasteiger partial charge in [-0.2, -0.15) is 0 Å². The third-order valence-corrected chi connectivity index (χ3v) is 10.7. The maximum Gasteiger partial charge on any atom is 0.245 e. The van der Waals surface area contributed by atoms with Crippen LogP contribution in [0.1, 0.15) is 92.9 Å². The molecule has 0 radical (unpaired) electrons. The van der Waals surface area contributed by atoms with Crippen LogP contribution >= 0.6 is 0 Å². The van der Waals surface area contributed by atoms with Gasteiger partial charge in [0.25, 0.3) is 0 Å². The number of unbranched alkanes of at least 4 members (excludes halogenated alkanes) is 3. The van der Waals surface area contributed by atoms with Crippen LogP contribution in [0.2, 0.25) is 0 Å². The number of aliphatic hydroxyl groups excluding tert-OH is 1. The SMILES string of the molecule is CCCCCC[C@H]1OC[C@@H](C)NC(=O)[C@H](C(C)O)NC(=O)[C@H](CN)NC(=O)[C@H](C2CCN(c3ccccc3)CC2)NC(=O)[C@H](CC(C)C)N(C)C(=O)[C@@H]1C. The summed E-state index contributed by atoms with van der Waals surface area (Å²) in [4.78, 5) is 73.4. The normalized spacial score (nSPS) is 28.3. The number of anilines is 1. The molecule has 7 N–H and O–H groups in total. The first-order valence-corrected chi connectivity index (χ1v) is 20.0. The molecule has 0 bridgehead atoms. The monoisotopic (exact) mass is 758 g/mol. The van der Waals surface area contributed by atoms with Crippen molar-refractivity contribution in [2.75, 3.05) is 38.2 Å². The molecule has 0 saturated carbocycles. The molecule has 1 aromatic rings. The van der Waals surface area contributed by atoms with Crippen molar-refractivity contribution in [3.8, 4) is 0 Å². The number of benzene rings is 1. The fraction of sp³-hybridized carbons (Fsp3) is 0.725. The van der Waals surface area contributed by atoms with Crippen LogP contribution in [0.5, 0.6) is 0 Å². The van der Waals surface area contributed by atoms with Crippen molar-refractivity contribution >= 4 is 35.2 Å². The summed E-state index contributed by atoms with van der Waals surface area (Å²) >= 11 is 0. The number of nitrogens with zero attached hydrogens (tertiary/aromatic N) is 2. The molecule has 2 aliphatic heterocycles. The van der Waals surface area contributed by atoms with Crippen molar-refractivity contribution in [1.29, 1.82) is 0 Å². The van der Waals surface area contributed by atoms with Crippen molar-refractivity contribution in [2.45, 2.75) is 135 Å². The highest BCUT2D eigenvalue weighted by Crippen LogP contribution is 2.27. The second kappa shape index (κ2) is 22.0. The van der Waals surface area contributed by atoms with Crippen LogP contribution in [0, 0.1) is 17.8 Å². The van der Waals surface area contributed by atoms with E-state index in [1.54, 1.807) is 14.0 Å². The van der Waals surface area contributed by atoms with E-state index in [4.69, 9.17) is 10.5 Å². The zero-order valence-corrected chi connectivity index (χ0v) is 33.5. The average molecular weight is 758 g/mol. The maximum absolute atomic E-state index is 14.4. The fourth-order valence-electron chi connectivity index (χ4n) is 7.34. The standard InChI is InChI=1S/C40H67N7O7/c1-8-9-10-14-17-33-27(5)40(53)46(7)32(22-25(2)3)37(50)45-35(29-18-20-47(21-19-29)30-15-12-11-13-16-30)39(52)43-31(23-41)36(49)44-34(28(6)48)38(51)42-26(4)24-54-33/h11-13,15-16,25-29,31-35,48H,8-10,14,17-24,41H2,1-7H3,(H,42,51)(H,43,52)(H,44,49)(H,45,50)/t26-,27-,28?,31+,32+,33-,34+,35+/m1/s1. The van der Waals surface area contributed by atoms with Gasteiger partial charge < -0.3 is 46.6 Å². The Bertz CT molecular complexity index is 1360. The number of hydrogen-bond donors (Lipinski definition) is 6. The molecule has 0 spiro atoms. The van der Waals surface area contributed by atoms with E-state index in [0.717, 1.165) is 31.4 Å². The van der Waals surface area contributed by atoms with Gasteiger partial charge in [0, 0.05) is 38.4 Å². The van der Waals surface area contributed by atoms with Gasteiger partial charge in [0.05, 0.1) is 24.7 Å². The number of likely N-dealkylation sites (N-methyl/N-ethyl adjacent to an activating group) is 1. The first-order chi connectivity index (χ1) is 25.7. The molecule has 0 aliphatic carbocycles. The minimum atomic E-state index is -1.35. The van der Waals surface area contributed by atoms with Crippen molar-refractivity contribution in [2.24, 2.45) is 23.5 Å². The summed E-state index contributed by atoms with van der Waals surface area (Å²) in [6.07, 6.45) is 4.28. The molecule has 8 atom stereocenters. The molecule has 2 heterocycles. The van der Waals surface area contributed by atoms with Crippen LogP contribution in [0.3, 0.4) is 0 Å². The van der Waals surface area contributed by atoms with Gasteiger partial charge in [-0.25, -0.2) is 0 Å². The number of ether oxygens (including phenoxy) is 1. The van der Waals surface area contributed by atoms with Crippen LogP contribution in [-0.4, -0.2) is 115 Å². The lowest BCUT2D eigenvalue weighted by atomic mass is 9.87. The first-order valence-electron chi connectivity index (χ1n) is 20.0. The van der Waals surface area contributed by atoms with Crippen molar-refractivity contribution < 1.29 is 33.8 Å². The fourth-order valence-corrected chi connectivity index (χ4v) is 7.34. The van der Waals surface area contributed by atoms with E-state index in [0.29, 0.717) is 38.8 Å². The number of carbonyl (C=O) groups is 5. The number of nitrogens with one attached hydrogen (secondary N) is 4. The summed E-state index contributed by atoms with van der Waals surface area (Å²) in [7, 11) is 1.63. The van der Waals surface area contributed by atoms with Crippen molar-refractivity contribution in [1.82, 2.24) is 26.2 Å². The third kappa shape index (κ3) is 12.9. The average Bonchev–Trinajstić information content (AvgIpc) is 3.15. The molecule has 54 heavy (non-hydrogen) atoms. The molecule has 14 nitrogen and oxygen atoms in total. The summed E-state index contributed by atoms with van der Waals surface area (Å²) in [5, 5.41) is 21.6. The van der Waals surface area contributed by atoms with Gasteiger partial charge in [0.15, 0.2) is 0 Å². The molecule has 2 fully saturated rings. The van der Waals surface area contributed by atoms with E-state index < -0.39 is 72.0 Å². The zero-order chi connectivity index (χ0) is 39.9. The predicted molar refractivity (Wildman–Crippen MR) is 209 cm³/mol. The molecular weight excluding hydrogens is 690 g/mol. The molecular formula is C40H67N7O7. The Morgan fingerprint density at radius 3 is 2.13 bits per heavy atom. The van der Waals surface area contributed by atoms with Crippen LogP contribution in [0.15, 0.2) is 30.3 Å². The third-order valence-electron chi connectivity index (χ3n) is 10.7. The minimum absolute atomic E-state index is 0.0482. The van der Waals surface area contributed by atoms with Crippen LogP contribution in [-0.2, 0) is 28.7 Å². The second-order valence-corrected chi connectivity index (χ2v) is 15.7. The first kappa shape index (κ1) is 44.6. The largest absolute Gasteiger partial charge is 0.391 e. The summed E-state index contributed by atoms with van der Waals surface area (Å²) in [5.41, 5.74) is 7.06. The van der Waals surface area contributed by atoms with E-state index >= 15 is 0 Å². The van der Waals surface area contributed by atoms with Gasteiger partial charge in [-0.05, 0) is 63.5 Å². The van der Waals surface area contributed by atoms with Crippen LogP contribution in [0.25, 0.3) is 0 Å². The van der Waals surface area contributed by atoms with E-state index in [-0.39, 0.29) is 30.9 Å². The van der Waals surface area contributed by atoms with Gasteiger partial charge in [0.1, 0.15) is 24.2 Å². The summed E-state index contributed by atoms with van der Waals surface area (Å²) < 4.78 is 6.34. The van der Waals surface area contributed by atoms with Gasteiger partial charge in [-0.1, -0.05) is 71.6 Å². The van der Waals surface area contributed by atoms with Gasteiger partial charge in [-0.15, -0.1) is 0 Å². The highest BCUT2D eigenvalue weighted by atomic mass is 16.5. The molecule has 14 heteroatoms. The number of para-hydroxylation sites is 1. The minimum Gasteiger partial charge on any atom is -0.391 e. The number of amides is 5. The molecule has 2 saturated heterocycles. The Hall–Kier alpha value is -3.75. The number of nitrogens with two attached hydrogens (primary N) is 1. The maximum atomic E-state index is 14.4. The number of piperidine rings is 1.